The molecule has 0 atom stereocenters. The Hall–Kier alpha value is -4.46. The number of benzene rings is 2. The van der Waals surface area contributed by atoms with Crippen molar-refractivity contribution in [2.45, 2.75) is 37.9 Å². The highest BCUT2D eigenvalue weighted by molar-refractivity contribution is 5.94. The van der Waals surface area contributed by atoms with E-state index in [4.69, 9.17) is 0 Å². The second-order valence-electron chi connectivity index (χ2n) is 9.47. The largest absolute Gasteiger partial charge is 0.417 e. The first-order valence-corrected chi connectivity index (χ1v) is 12.8. The van der Waals surface area contributed by atoms with E-state index in [1.165, 1.54) is 11.6 Å². The van der Waals surface area contributed by atoms with Crippen LogP contribution in [0.1, 0.15) is 52.7 Å². The second kappa shape index (κ2) is 11.5. The maximum atomic E-state index is 12.9. The lowest BCUT2D eigenvalue weighted by Gasteiger charge is -2.27. The number of amides is 1. The van der Waals surface area contributed by atoms with Gasteiger partial charge in [-0.15, -0.1) is 0 Å². The minimum atomic E-state index is -4.43. The number of aromatic nitrogens is 2. The zero-order chi connectivity index (χ0) is 27.2. The molecular weight excluding hydrogens is 501 g/mol. The lowest BCUT2D eigenvalue weighted by Crippen LogP contribution is -2.36. The fourth-order valence-corrected chi connectivity index (χ4v) is 4.84. The SMILES string of the molecule is O=C(NC1CCC(=C(c2ccccc2)c2cccc(Nc3ccc(C(F)(F)F)cn3)c2)CC1)c1cccnc1. The van der Waals surface area contributed by atoms with Crippen molar-refractivity contribution in [2.24, 2.45) is 0 Å². The standard InChI is InChI=1S/C31H27F3N4O/c32-31(33,34)25-13-16-28(36-20-25)37-27-10-4-8-23(18-27)29(21-6-2-1-3-7-21)22-11-14-26(15-12-22)38-30(39)24-9-5-17-35-19-24/h1-10,13,16-20,26H,11-12,14-15H2,(H,36,37)(H,38,39). The molecule has 0 saturated heterocycles. The van der Waals surface area contributed by atoms with E-state index in [0.717, 1.165) is 60.3 Å². The lowest BCUT2D eigenvalue weighted by atomic mass is 9.83. The van der Waals surface area contributed by atoms with Gasteiger partial charge in [-0.1, -0.05) is 48.0 Å². The summed E-state index contributed by atoms with van der Waals surface area (Å²) in [5, 5.41) is 6.26. The van der Waals surface area contributed by atoms with Crippen molar-refractivity contribution >= 4 is 23.0 Å². The fraction of sp³-hybridized carbons (Fsp3) is 0.194. The highest BCUT2D eigenvalue weighted by Crippen LogP contribution is 2.36. The summed E-state index contributed by atoms with van der Waals surface area (Å²) < 4.78 is 38.7. The van der Waals surface area contributed by atoms with Crippen molar-refractivity contribution in [1.29, 1.82) is 0 Å². The lowest BCUT2D eigenvalue weighted by molar-refractivity contribution is -0.137. The van der Waals surface area contributed by atoms with Crippen LogP contribution in [0.3, 0.4) is 0 Å². The monoisotopic (exact) mass is 528 g/mol. The Balaban J connectivity index is 1.36. The molecule has 5 nitrogen and oxygen atoms in total. The zero-order valence-electron chi connectivity index (χ0n) is 21.1. The fourth-order valence-electron chi connectivity index (χ4n) is 4.84. The van der Waals surface area contributed by atoms with Gasteiger partial charge in [0.2, 0.25) is 0 Å². The zero-order valence-corrected chi connectivity index (χ0v) is 21.1. The maximum absolute atomic E-state index is 12.9. The van der Waals surface area contributed by atoms with Crippen LogP contribution >= 0.6 is 0 Å². The first-order chi connectivity index (χ1) is 18.9. The summed E-state index contributed by atoms with van der Waals surface area (Å²) in [5.41, 5.74) is 5.03. The number of anilines is 2. The van der Waals surface area contributed by atoms with Gasteiger partial charge < -0.3 is 10.6 Å². The Morgan fingerprint density at radius 3 is 2.23 bits per heavy atom. The van der Waals surface area contributed by atoms with E-state index in [2.05, 4.69) is 32.7 Å². The minimum Gasteiger partial charge on any atom is -0.349 e. The molecule has 39 heavy (non-hydrogen) atoms. The predicted molar refractivity (Wildman–Crippen MR) is 145 cm³/mol. The van der Waals surface area contributed by atoms with Gasteiger partial charge in [0.1, 0.15) is 5.82 Å². The number of halogens is 3. The van der Waals surface area contributed by atoms with Gasteiger partial charge in [0.15, 0.2) is 0 Å². The molecule has 4 aromatic rings. The third kappa shape index (κ3) is 6.52. The number of alkyl halides is 3. The van der Waals surface area contributed by atoms with E-state index in [-0.39, 0.29) is 11.9 Å². The summed E-state index contributed by atoms with van der Waals surface area (Å²) in [6.45, 7) is 0. The molecule has 2 heterocycles. The van der Waals surface area contributed by atoms with Gasteiger partial charge in [0, 0.05) is 30.3 Å². The van der Waals surface area contributed by atoms with Gasteiger partial charge >= 0.3 is 6.18 Å². The van der Waals surface area contributed by atoms with Crippen LogP contribution in [0.25, 0.3) is 5.57 Å². The highest BCUT2D eigenvalue weighted by Gasteiger charge is 2.30. The van der Waals surface area contributed by atoms with Gasteiger partial charge in [0.05, 0.1) is 11.1 Å². The Labute approximate surface area is 224 Å². The van der Waals surface area contributed by atoms with Crippen molar-refractivity contribution < 1.29 is 18.0 Å². The van der Waals surface area contributed by atoms with Crippen LogP contribution in [0.4, 0.5) is 24.7 Å². The second-order valence-corrected chi connectivity index (χ2v) is 9.47. The third-order valence-corrected chi connectivity index (χ3v) is 6.78. The maximum Gasteiger partial charge on any atom is 0.417 e. The molecule has 1 fully saturated rings. The highest BCUT2D eigenvalue weighted by atomic mass is 19.4. The number of hydrogen-bond donors (Lipinski definition) is 2. The number of allylic oxidation sites excluding steroid dienone is 1. The van der Waals surface area contributed by atoms with E-state index >= 15 is 0 Å². The summed E-state index contributed by atoms with van der Waals surface area (Å²) in [6, 6.07) is 23.9. The van der Waals surface area contributed by atoms with Crippen LogP contribution in [0.2, 0.25) is 0 Å². The molecule has 1 aliphatic rings. The minimum absolute atomic E-state index is 0.0808. The number of nitrogens with zero attached hydrogens (tertiary/aromatic N) is 2. The van der Waals surface area contributed by atoms with Gasteiger partial charge in [-0.2, -0.15) is 13.2 Å². The van der Waals surface area contributed by atoms with Crippen LogP contribution in [0.15, 0.2) is 103 Å². The molecule has 198 valence electrons. The molecule has 0 radical (unpaired) electrons. The number of carbonyl (C=O) groups excluding carboxylic acids is 1. The predicted octanol–water partition coefficient (Wildman–Crippen LogP) is 7.41. The molecule has 2 aromatic carbocycles. The summed E-state index contributed by atoms with van der Waals surface area (Å²) in [6.07, 6.45) is 2.93. The van der Waals surface area contributed by atoms with Gasteiger partial charge in [-0.3, -0.25) is 9.78 Å². The van der Waals surface area contributed by atoms with E-state index < -0.39 is 11.7 Å². The third-order valence-electron chi connectivity index (χ3n) is 6.78. The van der Waals surface area contributed by atoms with E-state index in [9.17, 15) is 18.0 Å². The Kier molecular flexibility index (Phi) is 7.72. The normalized spacial score (nSPS) is 15.5. The average molecular weight is 529 g/mol. The van der Waals surface area contributed by atoms with Gasteiger partial charge in [-0.05, 0) is 78.8 Å². The Bertz CT molecular complexity index is 1440. The Morgan fingerprint density at radius 1 is 0.821 bits per heavy atom. The summed E-state index contributed by atoms with van der Waals surface area (Å²) in [7, 11) is 0. The topological polar surface area (TPSA) is 66.9 Å². The number of carbonyl (C=O) groups is 1. The Morgan fingerprint density at radius 2 is 1.56 bits per heavy atom. The molecule has 1 amide bonds. The van der Waals surface area contributed by atoms with Crippen LogP contribution in [-0.2, 0) is 6.18 Å². The molecule has 0 spiro atoms. The van der Waals surface area contributed by atoms with Crippen molar-refractivity contribution in [2.75, 3.05) is 5.32 Å². The molecule has 1 aliphatic carbocycles. The van der Waals surface area contributed by atoms with Crippen LogP contribution in [0.5, 0.6) is 0 Å². The molecule has 2 aromatic heterocycles. The quantitative estimate of drug-likeness (QED) is 0.273. The van der Waals surface area contributed by atoms with E-state index in [0.29, 0.717) is 11.4 Å². The van der Waals surface area contributed by atoms with Crippen molar-refractivity contribution in [3.05, 3.63) is 125 Å². The molecule has 8 heteroatoms. The smallest absolute Gasteiger partial charge is 0.349 e. The van der Waals surface area contributed by atoms with Crippen LogP contribution in [0, 0.1) is 0 Å². The number of nitrogens with one attached hydrogen (secondary N) is 2. The van der Waals surface area contributed by atoms with Gasteiger partial charge in [0.25, 0.3) is 5.91 Å². The number of rotatable bonds is 6. The van der Waals surface area contributed by atoms with E-state index in [1.807, 2.05) is 42.5 Å². The number of hydrogen-bond acceptors (Lipinski definition) is 4. The van der Waals surface area contributed by atoms with Gasteiger partial charge in [-0.25, -0.2) is 4.98 Å². The van der Waals surface area contributed by atoms with Crippen molar-refractivity contribution in [3.8, 4) is 0 Å². The molecule has 0 unspecified atom stereocenters. The first kappa shape index (κ1) is 26.2. The summed E-state index contributed by atoms with van der Waals surface area (Å²) in [4.78, 5) is 20.6. The molecule has 0 bridgehead atoms. The average Bonchev–Trinajstić information content (AvgIpc) is 2.95. The van der Waals surface area contributed by atoms with Crippen molar-refractivity contribution in [1.82, 2.24) is 15.3 Å². The molecule has 2 N–H and O–H groups in total. The molecule has 1 saturated carbocycles. The number of pyridine rings is 2. The molecular formula is C31H27F3N4O. The summed E-state index contributed by atoms with van der Waals surface area (Å²) in [5.74, 6) is 0.221. The van der Waals surface area contributed by atoms with Crippen molar-refractivity contribution in [3.63, 3.8) is 0 Å². The van der Waals surface area contributed by atoms with Crippen LogP contribution in [-0.4, -0.2) is 21.9 Å². The van der Waals surface area contributed by atoms with E-state index in [1.54, 1.807) is 24.5 Å². The van der Waals surface area contributed by atoms with Crippen LogP contribution < -0.4 is 10.6 Å². The molecule has 0 aliphatic heterocycles. The summed E-state index contributed by atoms with van der Waals surface area (Å²) >= 11 is 0. The first-order valence-electron chi connectivity index (χ1n) is 12.8. The molecule has 5 rings (SSSR count).